The van der Waals surface area contributed by atoms with Crippen LogP contribution in [0.4, 0.5) is 0 Å². The van der Waals surface area contributed by atoms with Crippen molar-refractivity contribution >= 4 is 0 Å². The summed E-state index contributed by atoms with van der Waals surface area (Å²) in [6.07, 6.45) is 3.73. The third-order valence-corrected chi connectivity index (χ3v) is 1.82. The highest BCUT2D eigenvalue weighted by molar-refractivity contribution is 5.42. The van der Waals surface area contributed by atoms with Crippen molar-refractivity contribution in [2.45, 2.75) is 12.8 Å². The maximum Gasteiger partial charge on any atom is 0.137 e. The molecule has 0 spiro atoms. The normalized spacial score (nSPS) is 9.07. The highest BCUT2D eigenvalue weighted by Gasteiger charge is 1.99. The lowest BCUT2D eigenvalue weighted by Gasteiger charge is -2.05. The Balaban J connectivity index is 2.50. The first kappa shape index (κ1) is 10.3. The van der Waals surface area contributed by atoms with Gasteiger partial charge in [-0.3, -0.25) is 0 Å². The van der Waals surface area contributed by atoms with Gasteiger partial charge in [-0.1, -0.05) is 18.2 Å². The van der Waals surface area contributed by atoms with Crippen molar-refractivity contribution in [3.8, 4) is 11.8 Å². The van der Waals surface area contributed by atoms with Crippen molar-refractivity contribution in [2.24, 2.45) is 0 Å². The van der Waals surface area contributed by atoms with Gasteiger partial charge < -0.3 is 4.74 Å². The molecule has 2 nitrogen and oxygen atoms in total. The smallest absolute Gasteiger partial charge is 0.137 e. The molecule has 1 rings (SSSR count). The van der Waals surface area contributed by atoms with Gasteiger partial charge in [-0.2, -0.15) is 5.26 Å². The van der Waals surface area contributed by atoms with Crippen LogP contribution in [-0.2, 0) is 0 Å². The number of hydrogen-bond donors (Lipinski definition) is 0. The summed E-state index contributed by atoms with van der Waals surface area (Å²) in [5, 5.41) is 8.77. The van der Waals surface area contributed by atoms with E-state index in [9.17, 15) is 0 Å². The van der Waals surface area contributed by atoms with E-state index in [1.54, 1.807) is 6.07 Å². The van der Waals surface area contributed by atoms with Crippen LogP contribution in [-0.4, -0.2) is 6.61 Å². The lowest BCUT2D eigenvalue weighted by molar-refractivity contribution is 0.311. The van der Waals surface area contributed by atoms with Crippen molar-refractivity contribution < 1.29 is 4.74 Å². The number of para-hydroxylation sites is 1. The van der Waals surface area contributed by atoms with Gasteiger partial charge in [-0.05, 0) is 25.0 Å². The van der Waals surface area contributed by atoms with Crippen LogP contribution in [0.2, 0.25) is 0 Å². The number of allylic oxidation sites excluding steroid dienone is 1. The molecule has 0 bridgehead atoms. The monoisotopic (exact) mass is 187 g/mol. The number of nitrogens with zero attached hydrogens (tertiary/aromatic N) is 1. The molecule has 72 valence electrons. The van der Waals surface area contributed by atoms with Crippen LogP contribution >= 0.6 is 0 Å². The Morgan fingerprint density at radius 1 is 1.43 bits per heavy atom. The van der Waals surface area contributed by atoms with E-state index in [-0.39, 0.29) is 0 Å². The van der Waals surface area contributed by atoms with Crippen LogP contribution in [0, 0.1) is 11.3 Å². The van der Waals surface area contributed by atoms with E-state index in [1.807, 2.05) is 24.3 Å². The van der Waals surface area contributed by atoms with Crippen LogP contribution in [0.1, 0.15) is 18.4 Å². The van der Waals surface area contributed by atoms with E-state index >= 15 is 0 Å². The molecule has 0 aromatic heterocycles. The number of ether oxygens (including phenoxy) is 1. The second-order valence-corrected chi connectivity index (χ2v) is 2.89. The Bertz CT molecular complexity index is 338. The molecule has 0 N–H and O–H groups in total. The molecular formula is C12H13NO. The average Bonchev–Trinajstić information content (AvgIpc) is 2.25. The van der Waals surface area contributed by atoms with Gasteiger partial charge in [0.15, 0.2) is 0 Å². The Morgan fingerprint density at radius 3 is 2.93 bits per heavy atom. The molecule has 0 radical (unpaired) electrons. The van der Waals surface area contributed by atoms with Crippen molar-refractivity contribution in [1.82, 2.24) is 0 Å². The Labute approximate surface area is 84.4 Å². The van der Waals surface area contributed by atoms with Crippen LogP contribution in [0.3, 0.4) is 0 Å². The van der Waals surface area contributed by atoms with Crippen molar-refractivity contribution in [1.29, 1.82) is 5.26 Å². The lowest BCUT2D eigenvalue weighted by atomic mass is 10.2. The van der Waals surface area contributed by atoms with E-state index < -0.39 is 0 Å². The zero-order valence-electron chi connectivity index (χ0n) is 8.07. The average molecular weight is 187 g/mol. The van der Waals surface area contributed by atoms with Gasteiger partial charge in [0.25, 0.3) is 0 Å². The minimum Gasteiger partial charge on any atom is -0.492 e. The third-order valence-electron chi connectivity index (χ3n) is 1.82. The maximum absolute atomic E-state index is 8.77. The Kier molecular flexibility index (Phi) is 4.30. The molecule has 2 heteroatoms. The number of rotatable bonds is 5. The highest BCUT2D eigenvalue weighted by Crippen LogP contribution is 2.16. The minimum atomic E-state index is 0.589. The van der Waals surface area contributed by atoms with Crippen molar-refractivity contribution in [3.05, 3.63) is 42.5 Å². The molecule has 0 amide bonds. The SMILES string of the molecule is C=CCCCOc1ccccc1C#N. The molecule has 0 unspecified atom stereocenters. The lowest BCUT2D eigenvalue weighted by Crippen LogP contribution is -1.98. The standard InChI is InChI=1S/C12H13NO/c1-2-3-6-9-14-12-8-5-4-7-11(12)10-13/h2,4-5,7-8H,1,3,6,9H2. The Hall–Kier alpha value is -1.75. The van der Waals surface area contributed by atoms with Gasteiger partial charge in [-0.25, -0.2) is 0 Å². The van der Waals surface area contributed by atoms with Crippen molar-refractivity contribution in [3.63, 3.8) is 0 Å². The molecule has 0 aliphatic carbocycles. The predicted octanol–water partition coefficient (Wildman–Crippen LogP) is 2.90. The van der Waals surface area contributed by atoms with Crippen LogP contribution in [0.15, 0.2) is 36.9 Å². The van der Waals surface area contributed by atoms with E-state index in [4.69, 9.17) is 10.00 Å². The van der Waals surface area contributed by atoms with Gasteiger partial charge in [0.2, 0.25) is 0 Å². The number of nitriles is 1. The summed E-state index contributed by atoms with van der Waals surface area (Å²) < 4.78 is 5.46. The minimum absolute atomic E-state index is 0.589. The van der Waals surface area contributed by atoms with Crippen LogP contribution in [0.5, 0.6) is 5.75 Å². The van der Waals surface area contributed by atoms with Gasteiger partial charge >= 0.3 is 0 Å². The van der Waals surface area contributed by atoms with Gasteiger partial charge in [0, 0.05) is 0 Å². The molecule has 0 heterocycles. The summed E-state index contributed by atoms with van der Waals surface area (Å²) in [5.74, 6) is 0.666. The van der Waals surface area contributed by atoms with E-state index in [0.717, 1.165) is 12.8 Å². The third kappa shape index (κ3) is 2.95. The van der Waals surface area contributed by atoms with E-state index in [0.29, 0.717) is 17.9 Å². The number of benzene rings is 1. The zero-order chi connectivity index (χ0) is 10.2. The molecule has 0 saturated carbocycles. The van der Waals surface area contributed by atoms with Gasteiger partial charge in [0.05, 0.1) is 12.2 Å². The van der Waals surface area contributed by atoms with Gasteiger partial charge in [-0.15, -0.1) is 6.58 Å². The second-order valence-electron chi connectivity index (χ2n) is 2.89. The number of unbranched alkanes of at least 4 members (excludes halogenated alkanes) is 1. The largest absolute Gasteiger partial charge is 0.492 e. The maximum atomic E-state index is 8.77. The van der Waals surface area contributed by atoms with Crippen LogP contribution < -0.4 is 4.74 Å². The summed E-state index contributed by atoms with van der Waals surface area (Å²) in [6.45, 7) is 4.26. The predicted molar refractivity (Wildman–Crippen MR) is 56.1 cm³/mol. The van der Waals surface area contributed by atoms with E-state index in [2.05, 4.69) is 12.6 Å². The van der Waals surface area contributed by atoms with Gasteiger partial charge in [0.1, 0.15) is 11.8 Å². The molecule has 0 aliphatic rings. The molecule has 1 aromatic carbocycles. The molecule has 0 atom stereocenters. The summed E-state index contributed by atoms with van der Waals surface area (Å²) in [5.41, 5.74) is 0.589. The second kappa shape index (κ2) is 5.82. The van der Waals surface area contributed by atoms with Crippen molar-refractivity contribution in [2.75, 3.05) is 6.61 Å². The van der Waals surface area contributed by atoms with E-state index in [1.165, 1.54) is 0 Å². The molecule has 1 aromatic rings. The molecule has 14 heavy (non-hydrogen) atoms. The first-order chi connectivity index (χ1) is 6.88. The summed E-state index contributed by atoms with van der Waals surface area (Å²) >= 11 is 0. The number of hydrogen-bond acceptors (Lipinski definition) is 2. The summed E-state index contributed by atoms with van der Waals surface area (Å²) in [4.78, 5) is 0. The first-order valence-electron chi connectivity index (χ1n) is 4.61. The summed E-state index contributed by atoms with van der Waals surface area (Å²) in [6, 6.07) is 9.35. The highest BCUT2D eigenvalue weighted by atomic mass is 16.5. The zero-order valence-corrected chi connectivity index (χ0v) is 8.07. The first-order valence-corrected chi connectivity index (χ1v) is 4.61. The Morgan fingerprint density at radius 2 is 2.21 bits per heavy atom. The molecule has 0 aliphatic heterocycles. The molecule has 0 saturated heterocycles. The van der Waals surface area contributed by atoms with Crippen LogP contribution in [0.25, 0.3) is 0 Å². The quantitative estimate of drug-likeness (QED) is 0.524. The fraction of sp³-hybridized carbons (Fsp3) is 0.250. The topological polar surface area (TPSA) is 33.0 Å². The molecular weight excluding hydrogens is 174 g/mol. The fourth-order valence-corrected chi connectivity index (χ4v) is 1.09. The molecule has 0 fully saturated rings. The summed E-state index contributed by atoms with van der Waals surface area (Å²) in [7, 11) is 0. The fourth-order valence-electron chi connectivity index (χ4n) is 1.09.